The van der Waals surface area contributed by atoms with E-state index in [0.717, 1.165) is 64.2 Å². The fourth-order valence-corrected chi connectivity index (χ4v) is 2.39. The topological polar surface area (TPSA) is 54.9 Å². The average Bonchev–Trinajstić information content (AvgIpc) is 3.33. The van der Waals surface area contributed by atoms with E-state index in [1.807, 2.05) is 0 Å². The Morgan fingerprint density at radius 2 is 2.00 bits per heavy atom. The van der Waals surface area contributed by atoms with Crippen molar-refractivity contribution in [3.05, 3.63) is 0 Å². The molecule has 0 amide bonds. The van der Waals surface area contributed by atoms with Gasteiger partial charge in [0.15, 0.2) is 5.96 Å². The molecule has 0 aromatic carbocycles. The first kappa shape index (κ1) is 20.2. The zero-order valence-electron chi connectivity index (χ0n) is 15.6. The van der Waals surface area contributed by atoms with Gasteiger partial charge in [-0.15, -0.1) is 0 Å². The first-order valence-corrected chi connectivity index (χ1v) is 9.38. The summed E-state index contributed by atoms with van der Waals surface area (Å²) in [5, 5.41) is 6.70. The third kappa shape index (κ3) is 10.6. The van der Waals surface area contributed by atoms with Gasteiger partial charge in [-0.05, 0) is 51.4 Å². The highest BCUT2D eigenvalue weighted by molar-refractivity contribution is 5.79. The lowest BCUT2D eigenvalue weighted by Gasteiger charge is -2.21. The summed E-state index contributed by atoms with van der Waals surface area (Å²) in [5.41, 5.74) is 0. The molecular weight excluding hydrogens is 290 g/mol. The lowest BCUT2D eigenvalue weighted by atomic mass is 10.0. The molecule has 0 aromatic heterocycles. The maximum Gasteiger partial charge on any atom is 0.191 e. The van der Waals surface area contributed by atoms with Crippen LogP contribution in [-0.4, -0.2) is 51.5 Å². The summed E-state index contributed by atoms with van der Waals surface area (Å²) in [6.45, 7) is 13.7. The molecule has 0 spiro atoms. The molecule has 0 heterocycles. The van der Waals surface area contributed by atoms with E-state index < -0.39 is 0 Å². The first-order chi connectivity index (χ1) is 11.2. The van der Waals surface area contributed by atoms with Gasteiger partial charge in [-0.25, -0.2) is 0 Å². The van der Waals surface area contributed by atoms with Gasteiger partial charge in [-0.1, -0.05) is 13.8 Å². The van der Waals surface area contributed by atoms with Crippen molar-refractivity contribution in [3.8, 4) is 0 Å². The molecule has 0 aliphatic heterocycles. The van der Waals surface area contributed by atoms with Gasteiger partial charge in [0.05, 0.1) is 6.10 Å². The Morgan fingerprint density at radius 1 is 1.22 bits per heavy atom. The van der Waals surface area contributed by atoms with Crippen LogP contribution in [0.4, 0.5) is 0 Å². The second-order valence-electron chi connectivity index (χ2n) is 6.59. The van der Waals surface area contributed by atoms with Crippen LogP contribution in [0.3, 0.4) is 0 Å². The van der Waals surface area contributed by atoms with E-state index in [-0.39, 0.29) is 0 Å². The van der Waals surface area contributed by atoms with Crippen molar-refractivity contribution >= 4 is 5.96 Å². The Hall–Kier alpha value is -0.810. The SMILES string of the molecule is CCNC(=NCCCOCC1CC1)NCCC(OCC)C(C)C. The highest BCUT2D eigenvalue weighted by Crippen LogP contribution is 2.28. The van der Waals surface area contributed by atoms with E-state index in [4.69, 9.17) is 9.47 Å². The number of hydrogen-bond acceptors (Lipinski definition) is 3. The average molecular weight is 328 g/mol. The zero-order chi connectivity index (χ0) is 16.9. The largest absolute Gasteiger partial charge is 0.381 e. The minimum atomic E-state index is 0.311. The van der Waals surface area contributed by atoms with E-state index in [1.165, 1.54) is 12.8 Å². The summed E-state index contributed by atoms with van der Waals surface area (Å²) in [7, 11) is 0. The molecule has 1 rings (SSSR count). The van der Waals surface area contributed by atoms with E-state index in [0.29, 0.717) is 12.0 Å². The minimum Gasteiger partial charge on any atom is -0.381 e. The quantitative estimate of drug-likeness (QED) is 0.310. The molecule has 1 aliphatic carbocycles. The standard InChI is InChI=1S/C18H37N3O2/c1-5-19-18(20-11-7-13-22-14-16-8-9-16)21-12-10-17(15(3)4)23-6-2/h15-17H,5-14H2,1-4H3,(H2,19,20,21). The fraction of sp³-hybridized carbons (Fsp3) is 0.944. The molecule has 136 valence electrons. The zero-order valence-corrected chi connectivity index (χ0v) is 15.6. The van der Waals surface area contributed by atoms with Gasteiger partial charge in [0.2, 0.25) is 0 Å². The predicted molar refractivity (Wildman–Crippen MR) is 97.0 cm³/mol. The van der Waals surface area contributed by atoms with Crippen LogP contribution in [0.5, 0.6) is 0 Å². The van der Waals surface area contributed by atoms with Gasteiger partial charge in [0.25, 0.3) is 0 Å². The van der Waals surface area contributed by atoms with Gasteiger partial charge < -0.3 is 20.1 Å². The smallest absolute Gasteiger partial charge is 0.191 e. The molecule has 5 heteroatoms. The number of hydrogen-bond donors (Lipinski definition) is 2. The van der Waals surface area contributed by atoms with Crippen molar-refractivity contribution in [2.24, 2.45) is 16.8 Å². The Morgan fingerprint density at radius 3 is 2.61 bits per heavy atom. The summed E-state index contributed by atoms with van der Waals surface area (Å²) >= 11 is 0. The molecule has 23 heavy (non-hydrogen) atoms. The molecule has 1 atom stereocenters. The summed E-state index contributed by atoms with van der Waals surface area (Å²) < 4.78 is 11.4. The normalized spacial score (nSPS) is 16.7. The number of ether oxygens (including phenoxy) is 2. The minimum absolute atomic E-state index is 0.311. The van der Waals surface area contributed by atoms with Crippen LogP contribution >= 0.6 is 0 Å². The summed E-state index contributed by atoms with van der Waals surface area (Å²) in [5.74, 6) is 2.28. The first-order valence-electron chi connectivity index (χ1n) is 9.38. The lowest BCUT2D eigenvalue weighted by molar-refractivity contribution is 0.0258. The van der Waals surface area contributed by atoms with Crippen molar-refractivity contribution in [1.29, 1.82) is 0 Å². The molecule has 5 nitrogen and oxygen atoms in total. The molecule has 0 saturated heterocycles. The molecule has 1 fully saturated rings. The molecule has 1 saturated carbocycles. The van der Waals surface area contributed by atoms with E-state index in [2.05, 4.69) is 43.3 Å². The monoisotopic (exact) mass is 327 g/mol. The molecule has 1 aliphatic rings. The van der Waals surface area contributed by atoms with Gasteiger partial charge in [0.1, 0.15) is 0 Å². The van der Waals surface area contributed by atoms with Crippen LogP contribution in [-0.2, 0) is 9.47 Å². The van der Waals surface area contributed by atoms with Gasteiger partial charge in [-0.3, -0.25) is 4.99 Å². The highest BCUT2D eigenvalue weighted by Gasteiger charge is 2.20. The second-order valence-corrected chi connectivity index (χ2v) is 6.59. The van der Waals surface area contributed by atoms with Crippen molar-refractivity contribution < 1.29 is 9.47 Å². The lowest BCUT2D eigenvalue weighted by Crippen LogP contribution is -2.39. The number of guanidine groups is 1. The van der Waals surface area contributed by atoms with Crippen LogP contribution in [0.1, 0.15) is 53.4 Å². The Kier molecular flexibility index (Phi) is 11.1. The Bertz CT molecular complexity index is 317. The van der Waals surface area contributed by atoms with Crippen molar-refractivity contribution in [2.45, 2.75) is 59.5 Å². The van der Waals surface area contributed by atoms with E-state index in [1.54, 1.807) is 0 Å². The summed E-state index contributed by atoms with van der Waals surface area (Å²) in [6.07, 6.45) is 5.00. The Labute approximate surface area is 142 Å². The van der Waals surface area contributed by atoms with Gasteiger partial charge in [-0.2, -0.15) is 0 Å². The van der Waals surface area contributed by atoms with Crippen LogP contribution in [0.15, 0.2) is 4.99 Å². The molecular formula is C18H37N3O2. The maximum atomic E-state index is 5.78. The molecule has 0 aromatic rings. The van der Waals surface area contributed by atoms with Crippen molar-refractivity contribution in [1.82, 2.24) is 10.6 Å². The van der Waals surface area contributed by atoms with Crippen molar-refractivity contribution in [2.75, 3.05) is 39.5 Å². The fourth-order valence-electron chi connectivity index (χ4n) is 2.39. The predicted octanol–water partition coefficient (Wildman–Crippen LogP) is 2.81. The molecule has 1 unspecified atom stereocenters. The number of nitrogens with one attached hydrogen (secondary N) is 2. The third-order valence-corrected chi connectivity index (χ3v) is 3.96. The summed E-state index contributed by atoms with van der Waals surface area (Å²) in [4.78, 5) is 4.61. The molecule has 2 N–H and O–H groups in total. The molecule has 0 radical (unpaired) electrons. The highest BCUT2D eigenvalue weighted by atomic mass is 16.5. The molecule has 0 bridgehead atoms. The van der Waals surface area contributed by atoms with E-state index >= 15 is 0 Å². The maximum absolute atomic E-state index is 5.78. The Balaban J connectivity index is 2.16. The van der Waals surface area contributed by atoms with Crippen LogP contribution in [0.25, 0.3) is 0 Å². The number of aliphatic imine (C=N–C) groups is 1. The van der Waals surface area contributed by atoms with Gasteiger partial charge in [0, 0.05) is 39.5 Å². The second kappa shape index (κ2) is 12.6. The van der Waals surface area contributed by atoms with E-state index in [9.17, 15) is 0 Å². The third-order valence-electron chi connectivity index (χ3n) is 3.96. The van der Waals surface area contributed by atoms with Gasteiger partial charge >= 0.3 is 0 Å². The van der Waals surface area contributed by atoms with Crippen LogP contribution < -0.4 is 10.6 Å². The summed E-state index contributed by atoms with van der Waals surface area (Å²) in [6, 6.07) is 0. The van der Waals surface area contributed by atoms with Crippen LogP contribution in [0, 0.1) is 11.8 Å². The number of rotatable bonds is 13. The van der Waals surface area contributed by atoms with Crippen molar-refractivity contribution in [3.63, 3.8) is 0 Å². The number of nitrogens with zero attached hydrogens (tertiary/aromatic N) is 1. The van der Waals surface area contributed by atoms with Crippen LogP contribution in [0.2, 0.25) is 0 Å².